The molecule has 198 valence electrons. The van der Waals surface area contributed by atoms with Crippen LogP contribution in [-0.4, -0.2) is 50.5 Å². The van der Waals surface area contributed by atoms with E-state index in [0.717, 1.165) is 34.5 Å². The SMILES string of the molecule is CCCCNC(=O)[C@H](CC)N(Cc1c(Cl)cccc1Cl)C(=O)CN(c1ccc(C)cc1C)S(C)(=O)=O. The van der Waals surface area contributed by atoms with Crippen molar-refractivity contribution in [3.63, 3.8) is 0 Å². The average Bonchev–Trinajstić information content (AvgIpc) is 2.79. The summed E-state index contributed by atoms with van der Waals surface area (Å²) >= 11 is 12.8. The third-order valence-electron chi connectivity index (χ3n) is 5.91. The number of anilines is 1. The molecular weight excluding hydrogens is 521 g/mol. The number of nitrogens with one attached hydrogen (secondary N) is 1. The molecule has 0 radical (unpaired) electrons. The predicted octanol–water partition coefficient (Wildman–Crippen LogP) is 5.10. The first-order valence-corrected chi connectivity index (χ1v) is 14.6. The van der Waals surface area contributed by atoms with Crippen LogP contribution in [0.25, 0.3) is 0 Å². The van der Waals surface area contributed by atoms with Crippen molar-refractivity contribution >= 4 is 50.7 Å². The highest BCUT2D eigenvalue weighted by molar-refractivity contribution is 7.92. The Morgan fingerprint density at radius 3 is 2.22 bits per heavy atom. The lowest BCUT2D eigenvalue weighted by Gasteiger charge is -2.33. The summed E-state index contributed by atoms with van der Waals surface area (Å²) in [6, 6.07) is 9.52. The fourth-order valence-electron chi connectivity index (χ4n) is 3.96. The Hall–Kier alpha value is -2.29. The lowest BCUT2D eigenvalue weighted by molar-refractivity contribution is -0.140. The molecule has 1 atom stereocenters. The Morgan fingerprint density at radius 1 is 1.06 bits per heavy atom. The molecule has 2 aromatic rings. The van der Waals surface area contributed by atoms with Crippen LogP contribution in [0.3, 0.4) is 0 Å². The molecule has 0 saturated carbocycles. The van der Waals surface area contributed by atoms with Crippen LogP contribution in [-0.2, 0) is 26.2 Å². The Bertz CT molecular complexity index is 1170. The number of unbranched alkanes of at least 4 members (excludes halogenated alkanes) is 1. The number of sulfonamides is 1. The minimum Gasteiger partial charge on any atom is -0.354 e. The van der Waals surface area contributed by atoms with Gasteiger partial charge < -0.3 is 10.2 Å². The van der Waals surface area contributed by atoms with Crippen LogP contribution < -0.4 is 9.62 Å². The second-order valence-corrected chi connectivity index (χ2v) is 11.6. The number of hydrogen-bond donors (Lipinski definition) is 1. The van der Waals surface area contributed by atoms with E-state index in [1.165, 1.54) is 4.90 Å². The molecule has 0 aromatic heterocycles. The molecule has 0 bridgehead atoms. The Kier molecular flexibility index (Phi) is 11.1. The minimum absolute atomic E-state index is 0.0402. The molecule has 2 aromatic carbocycles. The number of rotatable bonds is 12. The predicted molar refractivity (Wildman–Crippen MR) is 147 cm³/mol. The molecule has 2 amide bonds. The first-order chi connectivity index (χ1) is 16.9. The van der Waals surface area contributed by atoms with E-state index in [1.54, 1.807) is 44.2 Å². The molecule has 7 nitrogen and oxygen atoms in total. The van der Waals surface area contributed by atoms with Gasteiger partial charge in [-0.25, -0.2) is 8.42 Å². The highest BCUT2D eigenvalue weighted by Crippen LogP contribution is 2.28. The van der Waals surface area contributed by atoms with Crippen molar-refractivity contribution in [1.29, 1.82) is 0 Å². The number of benzene rings is 2. The maximum Gasteiger partial charge on any atom is 0.244 e. The van der Waals surface area contributed by atoms with Crippen LogP contribution >= 0.6 is 23.2 Å². The van der Waals surface area contributed by atoms with Gasteiger partial charge in [0.25, 0.3) is 0 Å². The van der Waals surface area contributed by atoms with Crippen molar-refractivity contribution < 1.29 is 18.0 Å². The molecule has 0 saturated heterocycles. The summed E-state index contributed by atoms with van der Waals surface area (Å²) in [5.74, 6) is -0.839. The van der Waals surface area contributed by atoms with Crippen molar-refractivity contribution in [3.05, 3.63) is 63.1 Å². The number of nitrogens with zero attached hydrogens (tertiary/aromatic N) is 2. The molecule has 0 spiro atoms. The summed E-state index contributed by atoms with van der Waals surface area (Å²) in [5.41, 5.74) is 2.60. The molecule has 36 heavy (non-hydrogen) atoms. The van der Waals surface area contributed by atoms with Gasteiger partial charge in [0, 0.05) is 28.7 Å². The number of carbonyl (C=O) groups excluding carboxylic acids is 2. The Morgan fingerprint density at radius 2 is 1.69 bits per heavy atom. The molecule has 0 heterocycles. The summed E-state index contributed by atoms with van der Waals surface area (Å²) in [6.07, 6.45) is 3.10. The topological polar surface area (TPSA) is 86.8 Å². The van der Waals surface area contributed by atoms with E-state index in [2.05, 4.69) is 5.32 Å². The number of aryl methyl sites for hydroxylation is 2. The van der Waals surface area contributed by atoms with Gasteiger partial charge in [-0.3, -0.25) is 13.9 Å². The highest BCUT2D eigenvalue weighted by Gasteiger charge is 2.32. The van der Waals surface area contributed by atoms with E-state index < -0.39 is 28.5 Å². The summed E-state index contributed by atoms with van der Waals surface area (Å²) in [5, 5.41) is 3.60. The van der Waals surface area contributed by atoms with Crippen molar-refractivity contribution in [3.8, 4) is 0 Å². The lowest BCUT2D eigenvalue weighted by Crippen LogP contribution is -2.52. The Labute approximate surface area is 224 Å². The van der Waals surface area contributed by atoms with Crippen molar-refractivity contribution in [2.24, 2.45) is 0 Å². The Balaban J connectivity index is 2.50. The van der Waals surface area contributed by atoms with Crippen LogP contribution in [0.1, 0.15) is 49.8 Å². The summed E-state index contributed by atoms with van der Waals surface area (Å²) < 4.78 is 26.6. The largest absolute Gasteiger partial charge is 0.354 e. The second kappa shape index (κ2) is 13.3. The van der Waals surface area contributed by atoms with Crippen LogP contribution in [0.2, 0.25) is 10.0 Å². The van der Waals surface area contributed by atoms with Crippen molar-refractivity contribution in [1.82, 2.24) is 10.2 Å². The van der Waals surface area contributed by atoms with E-state index in [9.17, 15) is 18.0 Å². The number of hydrogen-bond acceptors (Lipinski definition) is 4. The molecule has 0 aliphatic rings. The third kappa shape index (κ3) is 7.85. The van der Waals surface area contributed by atoms with E-state index >= 15 is 0 Å². The van der Waals surface area contributed by atoms with Crippen LogP contribution in [0.4, 0.5) is 5.69 Å². The molecule has 2 rings (SSSR count). The number of carbonyl (C=O) groups is 2. The smallest absolute Gasteiger partial charge is 0.244 e. The molecule has 0 unspecified atom stereocenters. The molecule has 1 N–H and O–H groups in total. The molecule has 0 fully saturated rings. The summed E-state index contributed by atoms with van der Waals surface area (Å²) in [7, 11) is -3.81. The maximum absolute atomic E-state index is 13.8. The van der Waals surface area contributed by atoms with Gasteiger partial charge in [-0.2, -0.15) is 0 Å². The fourth-order valence-corrected chi connectivity index (χ4v) is 5.38. The van der Waals surface area contributed by atoms with Gasteiger partial charge in [0.1, 0.15) is 12.6 Å². The normalized spacial score (nSPS) is 12.2. The highest BCUT2D eigenvalue weighted by atomic mass is 35.5. The van der Waals surface area contributed by atoms with E-state index in [-0.39, 0.29) is 12.5 Å². The van der Waals surface area contributed by atoms with Gasteiger partial charge in [0.2, 0.25) is 21.8 Å². The van der Waals surface area contributed by atoms with Gasteiger partial charge in [-0.05, 0) is 50.5 Å². The standard InChI is InChI=1S/C26H35Cl2N3O4S/c1-6-8-14-29-26(33)23(7-2)30(16-20-21(27)10-9-11-22(20)28)25(32)17-31(36(5,34)35)24-13-12-18(3)15-19(24)4/h9-13,15,23H,6-8,14,16-17H2,1-5H3,(H,29,33)/t23-/m0/s1. The van der Waals surface area contributed by atoms with Gasteiger partial charge in [0.05, 0.1) is 11.9 Å². The number of halogens is 2. The van der Waals surface area contributed by atoms with Crippen molar-refractivity contribution in [2.45, 2.75) is 59.5 Å². The minimum atomic E-state index is -3.81. The third-order valence-corrected chi connectivity index (χ3v) is 7.74. The monoisotopic (exact) mass is 555 g/mol. The van der Waals surface area contributed by atoms with E-state index in [4.69, 9.17) is 23.2 Å². The van der Waals surface area contributed by atoms with Gasteiger partial charge in [0.15, 0.2) is 0 Å². The molecule has 0 aliphatic heterocycles. The van der Waals surface area contributed by atoms with Crippen LogP contribution in [0.5, 0.6) is 0 Å². The first-order valence-electron chi connectivity index (χ1n) is 12.0. The molecule has 0 aliphatic carbocycles. The lowest BCUT2D eigenvalue weighted by atomic mass is 10.1. The van der Waals surface area contributed by atoms with Crippen LogP contribution in [0.15, 0.2) is 36.4 Å². The first kappa shape index (κ1) is 29.9. The maximum atomic E-state index is 13.8. The zero-order valence-electron chi connectivity index (χ0n) is 21.5. The zero-order valence-corrected chi connectivity index (χ0v) is 23.8. The quantitative estimate of drug-likeness (QED) is 0.369. The zero-order chi connectivity index (χ0) is 27.0. The molecule has 10 heteroatoms. The summed E-state index contributed by atoms with van der Waals surface area (Å²) in [6.45, 7) is 7.50. The van der Waals surface area contributed by atoms with Gasteiger partial charge in [-0.1, -0.05) is 67.2 Å². The molecular formula is C26H35Cl2N3O4S. The summed E-state index contributed by atoms with van der Waals surface area (Å²) in [4.78, 5) is 28.2. The number of amides is 2. The van der Waals surface area contributed by atoms with E-state index in [0.29, 0.717) is 34.3 Å². The average molecular weight is 557 g/mol. The van der Waals surface area contributed by atoms with Crippen molar-refractivity contribution in [2.75, 3.05) is 23.7 Å². The van der Waals surface area contributed by atoms with Crippen LogP contribution in [0, 0.1) is 13.8 Å². The van der Waals surface area contributed by atoms with Gasteiger partial charge in [-0.15, -0.1) is 0 Å². The van der Waals surface area contributed by atoms with Gasteiger partial charge >= 0.3 is 0 Å². The van der Waals surface area contributed by atoms with E-state index in [1.807, 2.05) is 19.9 Å². The second-order valence-electron chi connectivity index (χ2n) is 8.85. The fraction of sp³-hybridized carbons (Fsp3) is 0.462.